The second-order valence-electron chi connectivity index (χ2n) is 6.35. The van der Waals surface area contributed by atoms with Crippen molar-refractivity contribution in [3.8, 4) is 17.2 Å². The predicted molar refractivity (Wildman–Crippen MR) is 108 cm³/mol. The van der Waals surface area contributed by atoms with Crippen LogP contribution in [0.2, 0.25) is 0 Å². The fourth-order valence-electron chi connectivity index (χ4n) is 3.08. The molecule has 1 aromatic carbocycles. The van der Waals surface area contributed by atoms with E-state index in [0.29, 0.717) is 19.8 Å². The van der Waals surface area contributed by atoms with Gasteiger partial charge in [-0.25, -0.2) is 4.98 Å². The van der Waals surface area contributed by atoms with E-state index in [-0.39, 0.29) is 6.04 Å². The highest BCUT2D eigenvalue weighted by molar-refractivity contribution is 7.10. The number of nitrogens with one attached hydrogen (secondary N) is 1. The molecule has 0 fully saturated rings. The third kappa shape index (κ3) is 4.26. The Kier molecular flexibility index (Phi) is 5.61. The van der Waals surface area contributed by atoms with Gasteiger partial charge in [-0.2, -0.15) is 0 Å². The molecule has 1 aliphatic rings. The zero-order chi connectivity index (χ0) is 18.6. The van der Waals surface area contributed by atoms with Crippen molar-refractivity contribution < 1.29 is 14.2 Å². The Bertz CT molecular complexity index is 893. The molecule has 1 unspecified atom stereocenters. The first-order valence-corrected chi connectivity index (χ1v) is 10.6. The molecule has 27 heavy (non-hydrogen) atoms. The Morgan fingerprint density at radius 1 is 1.22 bits per heavy atom. The van der Waals surface area contributed by atoms with Crippen LogP contribution in [0.25, 0.3) is 0 Å². The van der Waals surface area contributed by atoms with Gasteiger partial charge < -0.3 is 19.5 Å². The topological polar surface area (TPSA) is 52.6 Å². The van der Waals surface area contributed by atoms with Crippen molar-refractivity contribution in [2.24, 2.45) is 0 Å². The van der Waals surface area contributed by atoms with Crippen LogP contribution in [-0.2, 0) is 13.0 Å². The maximum atomic E-state index is 5.73. The van der Waals surface area contributed by atoms with Crippen molar-refractivity contribution in [1.29, 1.82) is 0 Å². The third-order valence-electron chi connectivity index (χ3n) is 4.40. The van der Waals surface area contributed by atoms with Gasteiger partial charge in [0.2, 0.25) is 0 Å². The molecule has 0 radical (unpaired) electrons. The minimum Gasteiger partial charge on any atom is -0.496 e. The zero-order valence-electron chi connectivity index (χ0n) is 15.4. The number of nitrogens with zero attached hydrogens (tertiary/aromatic N) is 1. The van der Waals surface area contributed by atoms with Gasteiger partial charge in [-0.15, -0.1) is 22.7 Å². The van der Waals surface area contributed by atoms with Gasteiger partial charge >= 0.3 is 0 Å². The van der Waals surface area contributed by atoms with Crippen LogP contribution in [0.3, 0.4) is 0 Å². The minimum absolute atomic E-state index is 0.153. The molecule has 0 amide bonds. The summed E-state index contributed by atoms with van der Waals surface area (Å²) in [5, 5.41) is 8.99. The van der Waals surface area contributed by atoms with E-state index in [1.54, 1.807) is 29.8 Å². The molecule has 0 spiro atoms. The Labute approximate surface area is 166 Å². The molecular weight excluding hydrogens is 380 g/mol. The monoisotopic (exact) mass is 402 g/mol. The van der Waals surface area contributed by atoms with Crippen molar-refractivity contribution in [2.75, 3.05) is 20.3 Å². The maximum Gasteiger partial charge on any atom is 0.165 e. The highest BCUT2D eigenvalue weighted by Gasteiger charge is 2.20. The molecule has 0 saturated carbocycles. The highest BCUT2D eigenvalue weighted by atomic mass is 32.1. The molecule has 142 valence electrons. The molecule has 3 heterocycles. The van der Waals surface area contributed by atoms with E-state index in [1.165, 1.54) is 4.88 Å². The Morgan fingerprint density at radius 2 is 2.04 bits per heavy atom. The van der Waals surface area contributed by atoms with Crippen molar-refractivity contribution in [3.05, 3.63) is 56.2 Å². The van der Waals surface area contributed by atoms with Crippen LogP contribution in [0, 0.1) is 6.92 Å². The predicted octanol–water partition coefficient (Wildman–Crippen LogP) is 4.37. The summed E-state index contributed by atoms with van der Waals surface area (Å²) in [5.41, 5.74) is 2.11. The number of thiazole rings is 1. The van der Waals surface area contributed by atoms with Crippen LogP contribution < -0.4 is 19.5 Å². The third-order valence-corrected chi connectivity index (χ3v) is 6.38. The highest BCUT2D eigenvalue weighted by Crippen LogP contribution is 2.37. The first kappa shape index (κ1) is 18.3. The maximum absolute atomic E-state index is 5.73. The molecule has 1 N–H and O–H groups in total. The number of rotatable bonds is 7. The summed E-state index contributed by atoms with van der Waals surface area (Å²) >= 11 is 3.48. The summed E-state index contributed by atoms with van der Waals surface area (Å²) in [6.45, 7) is 3.84. The van der Waals surface area contributed by atoms with Crippen molar-refractivity contribution >= 4 is 22.7 Å². The van der Waals surface area contributed by atoms with E-state index >= 15 is 0 Å². The van der Waals surface area contributed by atoms with Gasteiger partial charge in [0.15, 0.2) is 11.5 Å². The number of aromatic nitrogens is 1. The number of hydrogen-bond acceptors (Lipinski definition) is 7. The van der Waals surface area contributed by atoms with Gasteiger partial charge in [-0.1, -0.05) is 6.07 Å². The lowest BCUT2D eigenvalue weighted by Gasteiger charge is -2.22. The molecule has 1 aliphatic heterocycles. The number of fused-ring (bicyclic) bond motifs is 1. The van der Waals surface area contributed by atoms with Crippen molar-refractivity contribution in [3.63, 3.8) is 0 Å². The van der Waals surface area contributed by atoms with E-state index in [9.17, 15) is 0 Å². The second-order valence-corrected chi connectivity index (χ2v) is 8.27. The average Bonchev–Trinajstić information content (AvgIpc) is 3.36. The average molecular weight is 403 g/mol. The van der Waals surface area contributed by atoms with E-state index in [4.69, 9.17) is 19.2 Å². The van der Waals surface area contributed by atoms with E-state index in [1.807, 2.05) is 19.1 Å². The molecule has 0 saturated heterocycles. The number of hydrogen-bond donors (Lipinski definition) is 1. The van der Waals surface area contributed by atoms with E-state index < -0.39 is 0 Å². The molecule has 1 atom stereocenters. The fourth-order valence-corrected chi connectivity index (χ4v) is 4.71. The molecule has 4 rings (SSSR count). The van der Waals surface area contributed by atoms with E-state index in [0.717, 1.165) is 39.9 Å². The number of benzene rings is 1. The van der Waals surface area contributed by atoms with Crippen LogP contribution in [0.1, 0.15) is 27.2 Å². The van der Waals surface area contributed by atoms with E-state index in [2.05, 4.69) is 28.2 Å². The smallest absolute Gasteiger partial charge is 0.165 e. The summed E-state index contributed by atoms with van der Waals surface area (Å²) < 4.78 is 17.0. The van der Waals surface area contributed by atoms with Crippen LogP contribution in [0.5, 0.6) is 17.2 Å². The summed E-state index contributed by atoms with van der Waals surface area (Å²) in [5.74, 6) is 2.32. The standard InChI is InChI=1S/C20H22N2O3S2/c1-13-12-27-20(22-13)16(9-15-4-3-7-26-15)21-11-14-8-18-19(10-17(14)23-2)25-6-5-24-18/h3-4,7-8,10,12,16,21H,5-6,9,11H2,1-2H3. The molecule has 2 aromatic heterocycles. The minimum atomic E-state index is 0.153. The lowest BCUT2D eigenvalue weighted by Crippen LogP contribution is -2.23. The molecule has 0 bridgehead atoms. The molecule has 0 aliphatic carbocycles. The number of thiophene rings is 1. The lowest BCUT2D eigenvalue weighted by atomic mass is 10.1. The number of methoxy groups -OCH3 is 1. The first-order chi connectivity index (χ1) is 13.2. The summed E-state index contributed by atoms with van der Waals surface area (Å²) in [6, 6.07) is 8.33. The van der Waals surface area contributed by atoms with Gasteiger partial charge in [0.05, 0.1) is 13.2 Å². The SMILES string of the molecule is COc1cc2c(cc1CNC(Cc1cccs1)c1nc(C)cs1)OCCO2. The summed E-state index contributed by atoms with van der Waals surface area (Å²) in [4.78, 5) is 6.04. The van der Waals surface area contributed by atoms with Crippen molar-refractivity contribution in [1.82, 2.24) is 10.3 Å². The number of aryl methyl sites for hydroxylation is 1. The quantitative estimate of drug-likeness (QED) is 0.636. The normalized spacial score (nSPS) is 14.1. The Morgan fingerprint density at radius 3 is 2.70 bits per heavy atom. The van der Waals surface area contributed by atoms with Gasteiger partial charge in [0, 0.05) is 40.5 Å². The van der Waals surface area contributed by atoms with Crippen LogP contribution >= 0.6 is 22.7 Å². The van der Waals surface area contributed by atoms with Gasteiger partial charge in [-0.05, 0) is 24.4 Å². The van der Waals surface area contributed by atoms with Crippen LogP contribution in [-0.4, -0.2) is 25.3 Å². The van der Waals surface area contributed by atoms with Gasteiger partial charge in [0.25, 0.3) is 0 Å². The summed E-state index contributed by atoms with van der Waals surface area (Å²) in [6.07, 6.45) is 0.914. The summed E-state index contributed by atoms with van der Waals surface area (Å²) in [7, 11) is 1.68. The Hall–Kier alpha value is -2.09. The largest absolute Gasteiger partial charge is 0.496 e. The van der Waals surface area contributed by atoms with Crippen LogP contribution in [0.4, 0.5) is 0 Å². The molecule has 7 heteroatoms. The second kappa shape index (κ2) is 8.29. The van der Waals surface area contributed by atoms with Crippen LogP contribution in [0.15, 0.2) is 35.0 Å². The van der Waals surface area contributed by atoms with Gasteiger partial charge in [-0.3, -0.25) is 0 Å². The molecule has 3 aromatic rings. The lowest BCUT2D eigenvalue weighted by molar-refractivity contribution is 0.170. The zero-order valence-corrected chi connectivity index (χ0v) is 17.0. The first-order valence-electron chi connectivity index (χ1n) is 8.87. The molecule has 5 nitrogen and oxygen atoms in total. The fraction of sp³-hybridized carbons (Fsp3) is 0.350. The van der Waals surface area contributed by atoms with Crippen molar-refractivity contribution in [2.45, 2.75) is 25.9 Å². The number of ether oxygens (including phenoxy) is 3. The Balaban J connectivity index is 1.55. The molecular formula is C20H22N2O3S2. The van der Waals surface area contributed by atoms with Gasteiger partial charge in [0.1, 0.15) is 24.0 Å².